The molecule has 5 nitrogen and oxygen atoms in total. The van der Waals surface area contributed by atoms with Crippen LogP contribution < -0.4 is 11.1 Å². The summed E-state index contributed by atoms with van der Waals surface area (Å²) >= 11 is 11.7. The first-order valence-electron chi connectivity index (χ1n) is 6.97. The molecule has 0 aliphatic heterocycles. The Kier molecular flexibility index (Phi) is 4.46. The second-order valence-electron chi connectivity index (χ2n) is 5.10. The molecule has 0 spiro atoms. The average Bonchev–Trinajstić information content (AvgIpc) is 2.93. The first kappa shape index (κ1) is 16.4. The SMILES string of the molecule is NC(=O)c1oc2ccc(Cl)cc2c1NC(=O)c1ccc(CCl)cc1. The summed E-state index contributed by atoms with van der Waals surface area (Å²) < 4.78 is 5.42. The van der Waals surface area contributed by atoms with Crippen molar-refractivity contribution in [3.63, 3.8) is 0 Å². The highest BCUT2D eigenvalue weighted by atomic mass is 35.5. The number of anilines is 1. The molecule has 3 N–H and O–H groups in total. The van der Waals surface area contributed by atoms with Gasteiger partial charge in [0.05, 0.1) is 0 Å². The molecule has 122 valence electrons. The van der Waals surface area contributed by atoms with Gasteiger partial charge in [-0.2, -0.15) is 0 Å². The lowest BCUT2D eigenvalue weighted by Gasteiger charge is -2.06. The Morgan fingerprint density at radius 2 is 1.83 bits per heavy atom. The van der Waals surface area contributed by atoms with Crippen LogP contribution in [0, 0.1) is 0 Å². The minimum atomic E-state index is -0.782. The predicted octanol–water partition coefficient (Wildman–Crippen LogP) is 4.18. The second-order valence-corrected chi connectivity index (χ2v) is 5.80. The molecule has 2 amide bonds. The number of carbonyl (C=O) groups excluding carboxylic acids is 2. The van der Waals surface area contributed by atoms with Gasteiger partial charge in [-0.05, 0) is 35.9 Å². The number of carbonyl (C=O) groups is 2. The standard InChI is InChI=1S/C17H12Cl2N2O3/c18-8-9-1-3-10(4-2-9)17(23)21-14-12-7-11(19)5-6-13(12)24-15(14)16(20)22/h1-7H,8H2,(H2,20,22)(H,21,23). The number of hydrogen-bond acceptors (Lipinski definition) is 3. The Bertz CT molecular complexity index is 933. The summed E-state index contributed by atoms with van der Waals surface area (Å²) in [6.45, 7) is 0. The smallest absolute Gasteiger partial charge is 0.286 e. The number of rotatable bonds is 4. The van der Waals surface area contributed by atoms with Gasteiger partial charge in [0.15, 0.2) is 0 Å². The van der Waals surface area contributed by atoms with E-state index in [4.69, 9.17) is 33.4 Å². The van der Waals surface area contributed by atoms with Crippen molar-refractivity contribution in [3.8, 4) is 0 Å². The quantitative estimate of drug-likeness (QED) is 0.682. The maximum Gasteiger partial charge on any atom is 0.286 e. The van der Waals surface area contributed by atoms with Crippen molar-refractivity contribution in [1.29, 1.82) is 0 Å². The summed E-state index contributed by atoms with van der Waals surface area (Å²) in [4.78, 5) is 24.1. The minimum absolute atomic E-state index is 0.127. The fourth-order valence-corrected chi connectivity index (χ4v) is 2.65. The van der Waals surface area contributed by atoms with Crippen molar-refractivity contribution in [2.75, 3.05) is 5.32 Å². The molecule has 24 heavy (non-hydrogen) atoms. The molecule has 1 heterocycles. The normalized spacial score (nSPS) is 10.8. The molecular formula is C17H12Cl2N2O3. The number of nitrogens with two attached hydrogens (primary N) is 1. The number of benzene rings is 2. The van der Waals surface area contributed by atoms with Crippen molar-refractivity contribution in [2.45, 2.75) is 5.88 Å². The fourth-order valence-electron chi connectivity index (χ4n) is 2.30. The number of halogens is 2. The van der Waals surface area contributed by atoms with E-state index in [0.717, 1.165) is 5.56 Å². The van der Waals surface area contributed by atoms with E-state index in [9.17, 15) is 9.59 Å². The molecule has 0 aliphatic carbocycles. The lowest BCUT2D eigenvalue weighted by Crippen LogP contribution is -2.17. The molecule has 2 aromatic carbocycles. The highest BCUT2D eigenvalue weighted by molar-refractivity contribution is 6.31. The summed E-state index contributed by atoms with van der Waals surface area (Å²) in [7, 11) is 0. The Labute approximate surface area is 147 Å². The molecule has 0 fully saturated rings. The van der Waals surface area contributed by atoms with Crippen LogP contribution in [0.25, 0.3) is 11.0 Å². The molecule has 0 saturated carbocycles. The molecule has 3 rings (SSSR count). The molecule has 0 unspecified atom stereocenters. The average molecular weight is 363 g/mol. The van der Waals surface area contributed by atoms with Gasteiger partial charge in [0.1, 0.15) is 11.3 Å². The van der Waals surface area contributed by atoms with Crippen LogP contribution in [-0.2, 0) is 5.88 Å². The monoisotopic (exact) mass is 362 g/mol. The third kappa shape index (κ3) is 3.09. The van der Waals surface area contributed by atoms with Crippen LogP contribution in [0.15, 0.2) is 46.9 Å². The first-order chi connectivity index (χ1) is 11.5. The molecule has 3 aromatic rings. The Hall–Kier alpha value is -2.50. The summed E-state index contributed by atoms with van der Waals surface area (Å²) in [6, 6.07) is 11.6. The highest BCUT2D eigenvalue weighted by Crippen LogP contribution is 2.33. The largest absolute Gasteiger partial charge is 0.449 e. The lowest BCUT2D eigenvalue weighted by atomic mass is 10.1. The van der Waals surface area contributed by atoms with Crippen LogP contribution in [0.3, 0.4) is 0 Å². The van der Waals surface area contributed by atoms with Crippen LogP contribution >= 0.6 is 23.2 Å². The van der Waals surface area contributed by atoms with E-state index >= 15 is 0 Å². The van der Waals surface area contributed by atoms with Gasteiger partial charge in [-0.3, -0.25) is 9.59 Å². The second kappa shape index (κ2) is 6.55. The summed E-state index contributed by atoms with van der Waals surface area (Å²) in [5.74, 6) is -0.951. The van der Waals surface area contributed by atoms with E-state index < -0.39 is 11.8 Å². The Morgan fingerprint density at radius 1 is 1.12 bits per heavy atom. The molecule has 0 radical (unpaired) electrons. The summed E-state index contributed by atoms with van der Waals surface area (Å²) in [6.07, 6.45) is 0. The number of amides is 2. The third-order valence-corrected chi connectivity index (χ3v) is 4.03. The van der Waals surface area contributed by atoms with Crippen molar-refractivity contribution in [1.82, 2.24) is 0 Å². The van der Waals surface area contributed by atoms with Gasteiger partial charge in [-0.25, -0.2) is 0 Å². The zero-order chi connectivity index (χ0) is 17.3. The van der Waals surface area contributed by atoms with E-state index in [1.165, 1.54) is 0 Å². The maximum absolute atomic E-state index is 12.4. The maximum atomic E-state index is 12.4. The van der Waals surface area contributed by atoms with E-state index in [-0.39, 0.29) is 11.4 Å². The number of alkyl halides is 1. The van der Waals surface area contributed by atoms with Crippen LogP contribution in [0.2, 0.25) is 5.02 Å². The third-order valence-electron chi connectivity index (χ3n) is 3.48. The first-order valence-corrected chi connectivity index (χ1v) is 7.89. The molecule has 0 bridgehead atoms. The van der Waals surface area contributed by atoms with Crippen molar-refractivity contribution >= 4 is 51.7 Å². The number of hydrogen-bond donors (Lipinski definition) is 2. The van der Waals surface area contributed by atoms with E-state index in [0.29, 0.717) is 27.4 Å². The molecule has 0 saturated heterocycles. The van der Waals surface area contributed by atoms with E-state index in [1.807, 2.05) is 0 Å². The highest BCUT2D eigenvalue weighted by Gasteiger charge is 2.21. The minimum Gasteiger partial charge on any atom is -0.449 e. The van der Waals surface area contributed by atoms with Crippen molar-refractivity contribution in [3.05, 3.63) is 64.4 Å². The van der Waals surface area contributed by atoms with Gasteiger partial charge in [-0.1, -0.05) is 23.7 Å². The van der Waals surface area contributed by atoms with Crippen LogP contribution in [0.1, 0.15) is 26.5 Å². The van der Waals surface area contributed by atoms with Crippen molar-refractivity contribution < 1.29 is 14.0 Å². The Balaban J connectivity index is 2.01. The van der Waals surface area contributed by atoms with Gasteiger partial charge in [0.25, 0.3) is 11.8 Å². The number of nitrogens with one attached hydrogen (secondary N) is 1. The zero-order valence-electron chi connectivity index (χ0n) is 12.3. The molecule has 7 heteroatoms. The summed E-state index contributed by atoms with van der Waals surface area (Å²) in [5, 5.41) is 3.62. The molecular weight excluding hydrogens is 351 g/mol. The Morgan fingerprint density at radius 3 is 2.46 bits per heavy atom. The molecule has 0 atom stereocenters. The predicted molar refractivity (Wildman–Crippen MR) is 93.7 cm³/mol. The number of fused-ring (bicyclic) bond motifs is 1. The van der Waals surface area contributed by atoms with Gasteiger partial charge >= 0.3 is 0 Å². The number of furan rings is 1. The zero-order valence-corrected chi connectivity index (χ0v) is 13.8. The van der Waals surface area contributed by atoms with Gasteiger partial charge in [0, 0.05) is 21.9 Å². The van der Waals surface area contributed by atoms with E-state index in [1.54, 1.807) is 42.5 Å². The lowest BCUT2D eigenvalue weighted by molar-refractivity contribution is 0.0977. The fraction of sp³-hybridized carbons (Fsp3) is 0.0588. The van der Waals surface area contributed by atoms with Gasteiger partial charge in [0.2, 0.25) is 5.76 Å². The summed E-state index contributed by atoms with van der Waals surface area (Å²) in [5.41, 5.74) is 7.25. The van der Waals surface area contributed by atoms with Crippen LogP contribution in [0.4, 0.5) is 5.69 Å². The van der Waals surface area contributed by atoms with E-state index in [2.05, 4.69) is 5.32 Å². The number of primary amides is 1. The van der Waals surface area contributed by atoms with Crippen LogP contribution in [0.5, 0.6) is 0 Å². The molecule has 0 aliphatic rings. The molecule has 1 aromatic heterocycles. The van der Waals surface area contributed by atoms with Crippen LogP contribution in [-0.4, -0.2) is 11.8 Å². The van der Waals surface area contributed by atoms with Crippen molar-refractivity contribution in [2.24, 2.45) is 5.73 Å². The van der Waals surface area contributed by atoms with Gasteiger partial charge < -0.3 is 15.5 Å². The topological polar surface area (TPSA) is 85.3 Å². The van der Waals surface area contributed by atoms with Gasteiger partial charge in [-0.15, -0.1) is 11.6 Å².